The molecule has 0 aromatic carbocycles. The molecule has 9 nitrogen and oxygen atoms in total. The number of nitrogens with zero attached hydrogens (tertiary/aromatic N) is 4. The van der Waals surface area contributed by atoms with Crippen molar-refractivity contribution < 1.29 is 4.79 Å². The number of carbonyl (C=O) groups is 1. The van der Waals surface area contributed by atoms with Crippen molar-refractivity contribution in [2.45, 2.75) is 20.8 Å². The molecule has 20 heavy (non-hydrogen) atoms. The van der Waals surface area contributed by atoms with Crippen LogP contribution in [0.2, 0.25) is 0 Å². The lowest BCUT2D eigenvalue weighted by Crippen LogP contribution is -2.30. The number of carbonyl (C=O) groups excluding carboxylic acids is 1. The van der Waals surface area contributed by atoms with Crippen LogP contribution >= 0.6 is 0 Å². The van der Waals surface area contributed by atoms with E-state index < -0.39 is 0 Å². The van der Waals surface area contributed by atoms with Crippen molar-refractivity contribution in [1.29, 1.82) is 0 Å². The number of likely N-dealkylation sites (N-methyl/N-ethyl adjacent to an activating group) is 1. The number of hydrazine groups is 1. The van der Waals surface area contributed by atoms with Crippen molar-refractivity contribution in [3.63, 3.8) is 0 Å². The van der Waals surface area contributed by atoms with E-state index in [2.05, 4.69) is 31.0 Å². The molecule has 5 N–H and O–H groups in total. The van der Waals surface area contributed by atoms with Gasteiger partial charge in [0.1, 0.15) is 0 Å². The smallest absolute Gasteiger partial charge is 0.243 e. The average molecular weight is 282 g/mol. The van der Waals surface area contributed by atoms with Crippen molar-refractivity contribution in [3.05, 3.63) is 0 Å². The fourth-order valence-corrected chi connectivity index (χ4v) is 1.58. The lowest BCUT2D eigenvalue weighted by molar-refractivity contribution is -0.119. The summed E-state index contributed by atoms with van der Waals surface area (Å²) in [6, 6.07) is 0. The van der Waals surface area contributed by atoms with Gasteiger partial charge in [0.25, 0.3) is 0 Å². The van der Waals surface area contributed by atoms with Crippen molar-refractivity contribution in [1.82, 2.24) is 20.3 Å². The summed E-state index contributed by atoms with van der Waals surface area (Å²) in [6.45, 7) is 8.07. The lowest BCUT2D eigenvalue weighted by Gasteiger charge is -2.19. The fourth-order valence-electron chi connectivity index (χ4n) is 1.58. The summed E-state index contributed by atoms with van der Waals surface area (Å²) in [7, 11) is 0. The second kappa shape index (κ2) is 8.10. The molecule has 0 fully saturated rings. The van der Waals surface area contributed by atoms with Crippen LogP contribution in [0.1, 0.15) is 20.8 Å². The van der Waals surface area contributed by atoms with Gasteiger partial charge in [-0.05, 0) is 20.8 Å². The van der Waals surface area contributed by atoms with E-state index in [1.807, 2.05) is 25.7 Å². The normalized spacial score (nSPS) is 10.0. The molecular formula is C11H22N8O. The molecule has 0 saturated heterocycles. The van der Waals surface area contributed by atoms with Crippen molar-refractivity contribution in [3.8, 4) is 0 Å². The van der Waals surface area contributed by atoms with Crippen molar-refractivity contribution in [2.24, 2.45) is 5.84 Å². The summed E-state index contributed by atoms with van der Waals surface area (Å²) in [6.07, 6.45) is 0. The van der Waals surface area contributed by atoms with E-state index in [-0.39, 0.29) is 18.4 Å². The van der Waals surface area contributed by atoms with Gasteiger partial charge in [0.05, 0.1) is 6.54 Å². The molecule has 0 aliphatic carbocycles. The number of nitrogens with two attached hydrogens (primary N) is 1. The quantitative estimate of drug-likeness (QED) is 0.374. The summed E-state index contributed by atoms with van der Waals surface area (Å²) in [5.41, 5.74) is 2.39. The molecule has 0 aliphatic rings. The maximum atomic E-state index is 11.4. The molecule has 9 heteroatoms. The van der Waals surface area contributed by atoms with Crippen LogP contribution in [0.25, 0.3) is 0 Å². The second-order valence-corrected chi connectivity index (χ2v) is 3.91. The number of hydrogen-bond donors (Lipinski definition) is 4. The van der Waals surface area contributed by atoms with E-state index in [9.17, 15) is 4.79 Å². The zero-order chi connectivity index (χ0) is 15.0. The van der Waals surface area contributed by atoms with Gasteiger partial charge in [-0.1, -0.05) is 0 Å². The van der Waals surface area contributed by atoms with Crippen LogP contribution in [-0.2, 0) is 4.79 Å². The van der Waals surface area contributed by atoms with E-state index >= 15 is 0 Å². The number of anilines is 3. The van der Waals surface area contributed by atoms with E-state index in [1.54, 1.807) is 0 Å². The highest BCUT2D eigenvalue weighted by atomic mass is 16.1. The van der Waals surface area contributed by atoms with Gasteiger partial charge in [-0.2, -0.15) is 15.0 Å². The summed E-state index contributed by atoms with van der Waals surface area (Å²) in [4.78, 5) is 25.9. The predicted molar refractivity (Wildman–Crippen MR) is 78.4 cm³/mol. The molecule has 1 aromatic rings. The summed E-state index contributed by atoms with van der Waals surface area (Å²) in [5.74, 6) is 6.29. The first-order valence-electron chi connectivity index (χ1n) is 6.62. The molecule has 0 unspecified atom stereocenters. The Labute approximate surface area is 118 Å². The molecule has 0 radical (unpaired) electrons. The Hall–Kier alpha value is -2.16. The zero-order valence-corrected chi connectivity index (χ0v) is 12.1. The van der Waals surface area contributed by atoms with Gasteiger partial charge in [0, 0.05) is 19.6 Å². The monoisotopic (exact) mass is 282 g/mol. The van der Waals surface area contributed by atoms with Crippen molar-refractivity contribution in [2.75, 3.05) is 41.8 Å². The van der Waals surface area contributed by atoms with E-state index in [4.69, 9.17) is 5.84 Å². The average Bonchev–Trinajstić information content (AvgIpc) is 2.46. The zero-order valence-electron chi connectivity index (χ0n) is 12.1. The number of nitrogen functional groups attached to an aromatic ring is 1. The minimum absolute atomic E-state index is 0.0968. The topological polar surface area (TPSA) is 121 Å². The molecule has 1 aromatic heterocycles. The minimum atomic E-state index is -0.125. The maximum absolute atomic E-state index is 11.4. The Kier molecular flexibility index (Phi) is 6.44. The second-order valence-electron chi connectivity index (χ2n) is 3.91. The number of rotatable bonds is 8. The summed E-state index contributed by atoms with van der Waals surface area (Å²) >= 11 is 0. The van der Waals surface area contributed by atoms with Crippen LogP contribution in [0.15, 0.2) is 0 Å². The van der Waals surface area contributed by atoms with Crippen LogP contribution in [0, 0.1) is 0 Å². The van der Waals surface area contributed by atoms with E-state index in [0.717, 1.165) is 13.1 Å². The third kappa shape index (κ3) is 4.50. The van der Waals surface area contributed by atoms with E-state index in [1.165, 1.54) is 0 Å². The highest BCUT2D eigenvalue weighted by molar-refractivity contribution is 5.80. The van der Waals surface area contributed by atoms with Crippen molar-refractivity contribution >= 4 is 23.8 Å². The Bertz CT molecular complexity index is 434. The highest BCUT2D eigenvalue weighted by Crippen LogP contribution is 2.12. The molecular weight excluding hydrogens is 260 g/mol. The Morgan fingerprint density at radius 3 is 2.35 bits per heavy atom. The molecule has 0 saturated carbocycles. The number of amides is 1. The first-order chi connectivity index (χ1) is 9.64. The Morgan fingerprint density at radius 2 is 1.80 bits per heavy atom. The number of aromatic nitrogens is 3. The van der Waals surface area contributed by atoms with Gasteiger partial charge in [0.15, 0.2) is 0 Å². The molecule has 0 bridgehead atoms. The van der Waals surface area contributed by atoms with Crippen LogP contribution in [-0.4, -0.2) is 47.0 Å². The standard InChI is InChI=1S/C11H22N8O/c1-4-13-8(20)7-14-9-15-10(18-12)17-11(16-9)19(5-2)6-3/h4-7,12H2,1-3H3,(H,13,20)(H2,14,15,16,17,18). The van der Waals surface area contributed by atoms with Gasteiger partial charge in [-0.25, -0.2) is 5.84 Å². The van der Waals surface area contributed by atoms with Crippen LogP contribution in [0.4, 0.5) is 17.8 Å². The van der Waals surface area contributed by atoms with Crippen LogP contribution in [0.5, 0.6) is 0 Å². The van der Waals surface area contributed by atoms with Crippen LogP contribution in [0.3, 0.4) is 0 Å². The first kappa shape index (κ1) is 15.9. The van der Waals surface area contributed by atoms with Gasteiger partial charge in [0.2, 0.25) is 23.8 Å². The fraction of sp³-hybridized carbons (Fsp3) is 0.636. The Morgan fingerprint density at radius 1 is 1.15 bits per heavy atom. The van der Waals surface area contributed by atoms with Gasteiger partial charge >= 0.3 is 0 Å². The maximum Gasteiger partial charge on any atom is 0.243 e. The van der Waals surface area contributed by atoms with Crippen LogP contribution < -0.4 is 26.8 Å². The summed E-state index contributed by atoms with van der Waals surface area (Å²) < 4.78 is 0. The van der Waals surface area contributed by atoms with Gasteiger partial charge in [-0.3, -0.25) is 10.2 Å². The molecule has 0 aliphatic heterocycles. The van der Waals surface area contributed by atoms with E-state index in [0.29, 0.717) is 18.4 Å². The Balaban J connectivity index is 2.84. The third-order valence-corrected chi connectivity index (χ3v) is 2.58. The minimum Gasteiger partial charge on any atom is -0.355 e. The highest BCUT2D eigenvalue weighted by Gasteiger charge is 2.11. The molecule has 1 rings (SSSR count). The lowest BCUT2D eigenvalue weighted by atomic mass is 10.5. The molecule has 112 valence electrons. The predicted octanol–water partition coefficient (Wildman–Crippen LogP) is -0.449. The number of hydrogen-bond acceptors (Lipinski definition) is 8. The number of nitrogens with one attached hydrogen (secondary N) is 3. The third-order valence-electron chi connectivity index (χ3n) is 2.58. The molecule has 0 spiro atoms. The molecule has 1 amide bonds. The first-order valence-corrected chi connectivity index (χ1v) is 6.62. The molecule has 1 heterocycles. The van der Waals surface area contributed by atoms with Gasteiger partial charge < -0.3 is 15.5 Å². The molecule has 0 atom stereocenters. The SMILES string of the molecule is CCNC(=O)CNc1nc(NN)nc(N(CC)CC)n1. The largest absolute Gasteiger partial charge is 0.355 e. The van der Waals surface area contributed by atoms with Gasteiger partial charge in [-0.15, -0.1) is 0 Å². The summed E-state index contributed by atoms with van der Waals surface area (Å²) in [5, 5.41) is 5.53.